The van der Waals surface area contributed by atoms with Gasteiger partial charge in [-0.3, -0.25) is 14.7 Å². The third kappa shape index (κ3) is 2.25. The number of rotatable bonds is 2. The number of anilines is 2. The van der Waals surface area contributed by atoms with Crippen molar-refractivity contribution < 1.29 is 9.18 Å². The van der Waals surface area contributed by atoms with Crippen LogP contribution in [0.2, 0.25) is 0 Å². The summed E-state index contributed by atoms with van der Waals surface area (Å²) in [6.45, 7) is 3.78. The van der Waals surface area contributed by atoms with E-state index in [0.29, 0.717) is 16.9 Å². The predicted octanol–water partition coefficient (Wildman–Crippen LogP) is 3.58. The van der Waals surface area contributed by atoms with Crippen LogP contribution in [0.25, 0.3) is 11.1 Å². The fourth-order valence-electron chi connectivity index (χ4n) is 3.25. The Morgan fingerprint density at radius 2 is 2.00 bits per heavy atom. The number of carbonyl (C=O) groups is 1. The molecule has 0 fully saturated rings. The van der Waals surface area contributed by atoms with E-state index in [-0.39, 0.29) is 11.7 Å². The molecule has 0 saturated carbocycles. The maximum absolute atomic E-state index is 14.1. The van der Waals surface area contributed by atoms with Gasteiger partial charge in [0.05, 0.1) is 17.4 Å². The fraction of sp³-hybridized carbons (Fsp3) is 0.211. The second kappa shape index (κ2) is 5.24. The van der Waals surface area contributed by atoms with Crippen LogP contribution in [0.1, 0.15) is 19.4 Å². The third-order valence-corrected chi connectivity index (χ3v) is 4.65. The average Bonchev–Trinajstić information content (AvgIpc) is 3.08. The van der Waals surface area contributed by atoms with Gasteiger partial charge in [-0.05, 0) is 37.1 Å². The van der Waals surface area contributed by atoms with Gasteiger partial charge in [-0.15, -0.1) is 0 Å². The second-order valence-corrected chi connectivity index (χ2v) is 6.75. The number of amides is 1. The number of aryl methyl sites for hydroxylation is 1. The molecule has 1 aliphatic rings. The van der Waals surface area contributed by atoms with Crippen molar-refractivity contribution in [3.63, 3.8) is 0 Å². The third-order valence-electron chi connectivity index (χ3n) is 4.65. The molecule has 0 spiro atoms. The number of nitrogens with zero attached hydrogens (tertiary/aromatic N) is 4. The first-order chi connectivity index (χ1) is 11.9. The fourth-order valence-corrected chi connectivity index (χ4v) is 3.25. The van der Waals surface area contributed by atoms with Crippen molar-refractivity contribution in [3.05, 3.63) is 60.6 Å². The number of hydrogen-bond acceptors (Lipinski definition) is 3. The quantitative estimate of drug-likeness (QED) is 0.719. The zero-order valence-corrected chi connectivity index (χ0v) is 14.2. The Labute approximate surface area is 144 Å². The number of hydrogen-bond donors (Lipinski definition) is 0. The van der Waals surface area contributed by atoms with Gasteiger partial charge in [0.25, 0.3) is 0 Å². The summed E-state index contributed by atoms with van der Waals surface area (Å²) in [4.78, 5) is 22.9. The topological polar surface area (TPSA) is 51.0 Å². The van der Waals surface area contributed by atoms with Crippen molar-refractivity contribution in [1.82, 2.24) is 14.5 Å². The smallest absolute Gasteiger partial charge is 0.242 e. The SMILES string of the molecule is Cn1cnc(N2C(=O)C(C)(C)c3ccc(-c4cnccc4F)cc32)c1. The summed E-state index contributed by atoms with van der Waals surface area (Å²) in [7, 11) is 1.85. The van der Waals surface area contributed by atoms with Crippen molar-refractivity contribution in [2.75, 3.05) is 4.90 Å². The maximum atomic E-state index is 14.1. The first kappa shape index (κ1) is 15.5. The molecule has 3 aromatic rings. The van der Waals surface area contributed by atoms with E-state index in [2.05, 4.69) is 9.97 Å². The highest BCUT2D eigenvalue weighted by Crippen LogP contribution is 2.46. The van der Waals surface area contributed by atoms with E-state index in [9.17, 15) is 9.18 Å². The molecule has 2 aromatic heterocycles. The van der Waals surface area contributed by atoms with E-state index in [0.717, 1.165) is 11.3 Å². The molecule has 0 saturated heterocycles. The molecule has 0 N–H and O–H groups in total. The van der Waals surface area contributed by atoms with Crippen molar-refractivity contribution >= 4 is 17.4 Å². The van der Waals surface area contributed by atoms with Gasteiger partial charge >= 0.3 is 0 Å². The Morgan fingerprint density at radius 1 is 1.20 bits per heavy atom. The van der Waals surface area contributed by atoms with Crippen LogP contribution in [-0.2, 0) is 17.3 Å². The van der Waals surface area contributed by atoms with Gasteiger partial charge in [0.15, 0.2) is 5.82 Å². The van der Waals surface area contributed by atoms with E-state index in [1.54, 1.807) is 22.0 Å². The molecule has 6 heteroatoms. The van der Waals surface area contributed by atoms with E-state index < -0.39 is 5.41 Å². The molecule has 0 atom stereocenters. The van der Waals surface area contributed by atoms with Crippen LogP contribution < -0.4 is 4.90 Å². The number of fused-ring (bicyclic) bond motifs is 1. The molecule has 1 amide bonds. The van der Waals surface area contributed by atoms with Crippen LogP contribution in [-0.4, -0.2) is 20.4 Å². The summed E-state index contributed by atoms with van der Waals surface area (Å²) in [5.41, 5.74) is 2.05. The normalized spacial score (nSPS) is 15.5. The van der Waals surface area contributed by atoms with Gasteiger partial charge < -0.3 is 4.57 Å². The van der Waals surface area contributed by atoms with E-state index in [4.69, 9.17) is 0 Å². The van der Waals surface area contributed by atoms with Gasteiger partial charge in [0.2, 0.25) is 5.91 Å². The molecule has 126 valence electrons. The van der Waals surface area contributed by atoms with Crippen molar-refractivity contribution in [3.8, 4) is 11.1 Å². The van der Waals surface area contributed by atoms with Crippen LogP contribution in [0.3, 0.4) is 0 Å². The summed E-state index contributed by atoms with van der Waals surface area (Å²) < 4.78 is 15.9. The van der Waals surface area contributed by atoms with Gasteiger partial charge in [-0.1, -0.05) is 12.1 Å². The lowest BCUT2D eigenvalue weighted by molar-refractivity contribution is -0.121. The van der Waals surface area contributed by atoms with E-state index in [1.807, 2.05) is 39.1 Å². The minimum absolute atomic E-state index is 0.0509. The van der Waals surface area contributed by atoms with Crippen LogP contribution in [0, 0.1) is 5.82 Å². The maximum Gasteiger partial charge on any atom is 0.242 e. The number of pyridine rings is 1. The lowest BCUT2D eigenvalue weighted by Gasteiger charge is -2.18. The second-order valence-electron chi connectivity index (χ2n) is 6.75. The number of aromatic nitrogens is 3. The van der Waals surface area contributed by atoms with Crippen LogP contribution >= 0.6 is 0 Å². The van der Waals surface area contributed by atoms with Gasteiger partial charge in [-0.2, -0.15) is 0 Å². The molecule has 25 heavy (non-hydrogen) atoms. The van der Waals surface area contributed by atoms with Crippen molar-refractivity contribution in [2.24, 2.45) is 7.05 Å². The Bertz CT molecular complexity index is 993. The Kier molecular flexibility index (Phi) is 3.25. The molecule has 0 aliphatic carbocycles. The molecule has 4 rings (SSSR count). The highest BCUT2D eigenvalue weighted by atomic mass is 19.1. The van der Waals surface area contributed by atoms with Crippen LogP contribution in [0.15, 0.2) is 49.2 Å². The summed E-state index contributed by atoms with van der Waals surface area (Å²) in [5.74, 6) is 0.163. The molecule has 0 unspecified atom stereocenters. The van der Waals surface area contributed by atoms with Gasteiger partial charge in [0, 0.05) is 31.2 Å². The highest BCUT2D eigenvalue weighted by Gasteiger charge is 2.45. The number of carbonyl (C=O) groups excluding carboxylic acids is 1. The van der Waals surface area contributed by atoms with Gasteiger partial charge in [0.1, 0.15) is 5.82 Å². The van der Waals surface area contributed by atoms with Crippen molar-refractivity contribution in [1.29, 1.82) is 0 Å². The summed E-state index contributed by atoms with van der Waals surface area (Å²) in [6.07, 6.45) is 6.35. The van der Waals surface area contributed by atoms with E-state index >= 15 is 0 Å². The summed E-state index contributed by atoms with van der Waals surface area (Å²) in [5, 5.41) is 0. The Balaban J connectivity index is 1.92. The zero-order valence-electron chi connectivity index (χ0n) is 14.2. The molecular weight excluding hydrogens is 319 g/mol. The molecule has 0 radical (unpaired) electrons. The zero-order chi connectivity index (χ0) is 17.8. The van der Waals surface area contributed by atoms with E-state index in [1.165, 1.54) is 18.5 Å². The first-order valence-corrected chi connectivity index (χ1v) is 7.96. The van der Waals surface area contributed by atoms with Crippen LogP contribution in [0.4, 0.5) is 15.9 Å². The van der Waals surface area contributed by atoms with Crippen LogP contribution in [0.5, 0.6) is 0 Å². The van der Waals surface area contributed by atoms with Gasteiger partial charge in [-0.25, -0.2) is 9.37 Å². The minimum atomic E-state index is -0.668. The monoisotopic (exact) mass is 336 g/mol. The molecule has 0 bridgehead atoms. The average molecular weight is 336 g/mol. The first-order valence-electron chi connectivity index (χ1n) is 7.96. The van der Waals surface area contributed by atoms with Crippen molar-refractivity contribution in [2.45, 2.75) is 19.3 Å². The highest BCUT2D eigenvalue weighted by molar-refractivity contribution is 6.12. The number of halogens is 1. The number of imidazole rings is 1. The predicted molar refractivity (Wildman–Crippen MR) is 93.0 cm³/mol. The largest absolute Gasteiger partial charge is 0.338 e. The standard InChI is InChI=1S/C19H17FN4O/c1-19(2)14-5-4-12(13-9-21-7-6-15(13)20)8-16(14)24(18(19)25)17-10-23(3)11-22-17/h4-11H,1-3H3. The summed E-state index contributed by atoms with van der Waals surface area (Å²) in [6, 6.07) is 6.87. The summed E-state index contributed by atoms with van der Waals surface area (Å²) >= 11 is 0. The Morgan fingerprint density at radius 3 is 2.68 bits per heavy atom. The lowest BCUT2D eigenvalue weighted by Crippen LogP contribution is -2.33. The molecule has 5 nitrogen and oxygen atoms in total. The molecule has 1 aliphatic heterocycles. The molecule has 3 heterocycles. The lowest BCUT2D eigenvalue weighted by atomic mass is 9.85. The molecule has 1 aromatic carbocycles. The Hall–Kier alpha value is -3.02. The minimum Gasteiger partial charge on any atom is -0.338 e. The number of benzene rings is 1. The molecular formula is C19H17FN4O.